The predicted molar refractivity (Wildman–Crippen MR) is 79.4 cm³/mol. The minimum atomic E-state index is -4.07. The summed E-state index contributed by atoms with van der Waals surface area (Å²) in [4.78, 5) is 17.9. The van der Waals surface area contributed by atoms with Gasteiger partial charge < -0.3 is 0 Å². The summed E-state index contributed by atoms with van der Waals surface area (Å²) in [7, 11) is -4.07. The first kappa shape index (κ1) is 14.8. The fraction of sp³-hybridized carbons (Fsp3) is 0.0833. The number of nitrogens with one attached hydrogen (secondary N) is 1. The quantitative estimate of drug-likeness (QED) is 0.558. The molecule has 2 aromatic heterocycles. The molecule has 3 aromatic rings. The lowest BCUT2D eigenvalue weighted by atomic mass is 10.2. The van der Waals surface area contributed by atoms with E-state index in [-0.39, 0.29) is 27.9 Å². The number of hydrogen-bond donors (Lipinski definition) is 1. The molecule has 2 heterocycles. The third kappa shape index (κ3) is 2.68. The van der Waals surface area contributed by atoms with Crippen molar-refractivity contribution in [3.8, 4) is 0 Å². The number of anilines is 1. The number of nitro groups is 1. The van der Waals surface area contributed by atoms with Gasteiger partial charge in [-0.05, 0) is 19.1 Å². The predicted octanol–water partition coefficient (Wildman–Crippen LogP) is 1.14. The van der Waals surface area contributed by atoms with Crippen molar-refractivity contribution in [2.75, 3.05) is 4.72 Å². The van der Waals surface area contributed by atoms with Gasteiger partial charge in [0, 0.05) is 24.0 Å². The first-order valence-corrected chi connectivity index (χ1v) is 7.81. The van der Waals surface area contributed by atoms with Gasteiger partial charge in [0.1, 0.15) is 0 Å². The second kappa shape index (κ2) is 5.28. The van der Waals surface area contributed by atoms with Gasteiger partial charge in [-0.1, -0.05) is 6.07 Å². The summed E-state index contributed by atoms with van der Waals surface area (Å²) in [6, 6.07) is 5.43. The van der Waals surface area contributed by atoms with Gasteiger partial charge in [-0.3, -0.25) is 10.1 Å². The van der Waals surface area contributed by atoms with Crippen molar-refractivity contribution in [3.63, 3.8) is 0 Å². The van der Waals surface area contributed by atoms with E-state index in [1.807, 2.05) is 0 Å². The fourth-order valence-electron chi connectivity index (χ4n) is 2.04. The maximum Gasteiger partial charge on any atom is 0.273 e. The van der Waals surface area contributed by atoms with Crippen LogP contribution >= 0.6 is 0 Å². The molecule has 3 rings (SSSR count). The van der Waals surface area contributed by atoms with Gasteiger partial charge in [0.2, 0.25) is 0 Å². The molecule has 23 heavy (non-hydrogen) atoms. The monoisotopic (exact) mass is 334 g/mol. The highest BCUT2D eigenvalue weighted by atomic mass is 32.2. The van der Waals surface area contributed by atoms with E-state index in [0.717, 1.165) is 0 Å². The van der Waals surface area contributed by atoms with Crippen LogP contribution in [0.2, 0.25) is 0 Å². The van der Waals surface area contributed by atoms with E-state index in [2.05, 4.69) is 19.8 Å². The number of hydrogen-bond acceptors (Lipinski definition) is 7. The van der Waals surface area contributed by atoms with E-state index in [4.69, 9.17) is 0 Å². The standard InChI is InChI=1S/C12H10N6O4S/c1-8-9(18(19)20)4-2-5-10(8)23(21,22)16-11-14-12-13-6-3-7-17(12)15-11/h2-7H,1H3,(H,15,16). The fourth-order valence-corrected chi connectivity index (χ4v) is 3.25. The lowest BCUT2D eigenvalue weighted by Crippen LogP contribution is -2.15. The topological polar surface area (TPSA) is 132 Å². The third-order valence-corrected chi connectivity index (χ3v) is 4.56. The first-order valence-electron chi connectivity index (χ1n) is 6.33. The first-order chi connectivity index (χ1) is 10.9. The van der Waals surface area contributed by atoms with Crippen molar-refractivity contribution in [2.45, 2.75) is 11.8 Å². The molecule has 0 atom stereocenters. The highest BCUT2D eigenvalue weighted by molar-refractivity contribution is 7.92. The highest BCUT2D eigenvalue weighted by Gasteiger charge is 2.24. The number of sulfonamides is 1. The lowest BCUT2D eigenvalue weighted by Gasteiger charge is -2.07. The van der Waals surface area contributed by atoms with Crippen LogP contribution in [0, 0.1) is 17.0 Å². The molecule has 1 aromatic carbocycles. The maximum absolute atomic E-state index is 12.4. The molecule has 0 radical (unpaired) electrons. The number of aromatic nitrogens is 4. The van der Waals surface area contributed by atoms with Crippen LogP contribution in [-0.2, 0) is 10.0 Å². The van der Waals surface area contributed by atoms with Crippen LogP contribution in [0.5, 0.6) is 0 Å². The van der Waals surface area contributed by atoms with E-state index < -0.39 is 14.9 Å². The van der Waals surface area contributed by atoms with Gasteiger partial charge in [-0.25, -0.2) is 22.6 Å². The van der Waals surface area contributed by atoms with E-state index >= 15 is 0 Å². The summed E-state index contributed by atoms with van der Waals surface area (Å²) >= 11 is 0. The van der Waals surface area contributed by atoms with Crippen LogP contribution in [-0.4, -0.2) is 32.9 Å². The van der Waals surface area contributed by atoms with Gasteiger partial charge >= 0.3 is 0 Å². The summed E-state index contributed by atoms with van der Waals surface area (Å²) in [6.45, 7) is 1.37. The molecule has 0 saturated heterocycles. The van der Waals surface area contributed by atoms with Crippen LogP contribution in [0.25, 0.3) is 5.78 Å². The SMILES string of the molecule is Cc1c([N+](=O)[O-])cccc1S(=O)(=O)Nc1nc2ncccn2n1. The Morgan fingerprint density at radius 3 is 2.78 bits per heavy atom. The van der Waals surface area contributed by atoms with E-state index in [0.29, 0.717) is 0 Å². The minimum absolute atomic E-state index is 0.0342. The van der Waals surface area contributed by atoms with Gasteiger partial charge in [0.15, 0.2) is 0 Å². The number of benzene rings is 1. The summed E-state index contributed by atoms with van der Waals surface area (Å²) < 4.78 is 28.4. The summed E-state index contributed by atoms with van der Waals surface area (Å²) in [5.74, 6) is 0.0515. The Hall–Kier alpha value is -3.08. The molecule has 0 unspecified atom stereocenters. The average molecular weight is 334 g/mol. The Morgan fingerprint density at radius 2 is 2.09 bits per heavy atom. The van der Waals surface area contributed by atoms with Crippen molar-refractivity contribution in [1.82, 2.24) is 19.6 Å². The second-order valence-electron chi connectivity index (χ2n) is 4.56. The smallest absolute Gasteiger partial charge is 0.258 e. The van der Waals surface area contributed by atoms with Crippen molar-refractivity contribution in [1.29, 1.82) is 0 Å². The Bertz CT molecular complexity index is 980. The molecule has 0 aliphatic rings. The van der Waals surface area contributed by atoms with Gasteiger partial charge in [0.25, 0.3) is 27.4 Å². The van der Waals surface area contributed by atoms with Crippen molar-refractivity contribution in [3.05, 3.63) is 52.3 Å². The Labute approximate surface area is 130 Å². The van der Waals surface area contributed by atoms with Crippen molar-refractivity contribution < 1.29 is 13.3 Å². The molecule has 0 bridgehead atoms. The van der Waals surface area contributed by atoms with E-state index in [1.165, 1.54) is 35.8 Å². The van der Waals surface area contributed by atoms with E-state index in [9.17, 15) is 18.5 Å². The summed E-state index contributed by atoms with van der Waals surface area (Å²) in [5, 5.41) is 14.9. The van der Waals surface area contributed by atoms with Gasteiger partial charge in [0.05, 0.1) is 9.82 Å². The molecule has 118 valence electrons. The van der Waals surface area contributed by atoms with Crippen LogP contribution in [0.3, 0.4) is 0 Å². The molecule has 11 heteroatoms. The molecule has 0 aliphatic heterocycles. The Balaban J connectivity index is 2.02. The summed E-state index contributed by atoms with van der Waals surface area (Å²) in [6.07, 6.45) is 3.05. The molecule has 0 aliphatic carbocycles. The van der Waals surface area contributed by atoms with Crippen LogP contribution < -0.4 is 4.72 Å². The normalized spacial score (nSPS) is 11.5. The average Bonchev–Trinajstić information content (AvgIpc) is 2.88. The number of fused-ring (bicyclic) bond motifs is 1. The molecular formula is C12H10N6O4S. The zero-order valence-corrected chi connectivity index (χ0v) is 12.6. The van der Waals surface area contributed by atoms with E-state index in [1.54, 1.807) is 12.3 Å². The molecule has 0 saturated carbocycles. The largest absolute Gasteiger partial charge is 0.273 e. The molecule has 0 fully saturated rings. The maximum atomic E-state index is 12.4. The van der Waals surface area contributed by atoms with Crippen LogP contribution in [0.1, 0.15) is 5.56 Å². The van der Waals surface area contributed by atoms with Gasteiger partial charge in [-0.2, -0.15) is 4.98 Å². The third-order valence-electron chi connectivity index (χ3n) is 3.08. The number of rotatable bonds is 4. The zero-order chi connectivity index (χ0) is 16.6. The Morgan fingerprint density at radius 1 is 1.30 bits per heavy atom. The van der Waals surface area contributed by atoms with Gasteiger partial charge in [-0.15, -0.1) is 5.10 Å². The Kier molecular flexibility index (Phi) is 3.41. The minimum Gasteiger partial charge on any atom is -0.258 e. The number of nitrogens with zero attached hydrogens (tertiary/aromatic N) is 5. The molecule has 0 spiro atoms. The zero-order valence-electron chi connectivity index (χ0n) is 11.7. The van der Waals surface area contributed by atoms with Crippen molar-refractivity contribution >= 4 is 27.4 Å². The lowest BCUT2D eigenvalue weighted by molar-refractivity contribution is -0.385. The second-order valence-corrected chi connectivity index (χ2v) is 6.21. The molecular weight excluding hydrogens is 324 g/mol. The highest BCUT2D eigenvalue weighted by Crippen LogP contribution is 2.25. The number of nitro benzene ring substituents is 1. The van der Waals surface area contributed by atoms with Crippen molar-refractivity contribution in [2.24, 2.45) is 0 Å². The molecule has 10 nitrogen and oxygen atoms in total. The van der Waals surface area contributed by atoms with Crippen LogP contribution in [0.15, 0.2) is 41.6 Å². The van der Waals surface area contributed by atoms with Crippen LogP contribution in [0.4, 0.5) is 11.6 Å². The summed E-state index contributed by atoms with van der Waals surface area (Å²) in [5.41, 5.74) is -0.246. The molecule has 0 amide bonds. The molecule has 1 N–H and O–H groups in total.